The van der Waals surface area contributed by atoms with Gasteiger partial charge in [-0.2, -0.15) is 0 Å². The van der Waals surface area contributed by atoms with Gasteiger partial charge in [-0.1, -0.05) is 18.2 Å². The summed E-state index contributed by atoms with van der Waals surface area (Å²) in [5.74, 6) is -0.545. The van der Waals surface area contributed by atoms with E-state index in [9.17, 15) is 14.7 Å². The summed E-state index contributed by atoms with van der Waals surface area (Å²) in [4.78, 5) is 23.7. The molecule has 3 rings (SSSR count). The van der Waals surface area contributed by atoms with Crippen molar-refractivity contribution in [1.82, 2.24) is 4.57 Å². The number of aromatic nitrogens is 1. The van der Waals surface area contributed by atoms with Gasteiger partial charge in [0.15, 0.2) is 0 Å². The Morgan fingerprint density at radius 3 is 2.68 bits per heavy atom. The van der Waals surface area contributed by atoms with E-state index in [4.69, 9.17) is 4.74 Å². The van der Waals surface area contributed by atoms with Crippen LogP contribution in [0.4, 0.5) is 0 Å². The summed E-state index contributed by atoms with van der Waals surface area (Å²) in [5.41, 5.74) is 1.24. The topological polar surface area (TPSA) is 68.5 Å². The maximum Gasteiger partial charge on any atom is 0.340 e. The molecular formula is C14H11NO4. The SMILES string of the molecule is Cc1cc(O)cc(=O)n1[C@@H]1OC(=O)c2ccccc21. The zero-order valence-corrected chi connectivity index (χ0v) is 10.2. The van der Waals surface area contributed by atoms with E-state index in [1.807, 2.05) is 0 Å². The number of benzene rings is 1. The highest BCUT2D eigenvalue weighted by Crippen LogP contribution is 2.31. The Bertz CT molecular complexity index is 732. The first-order valence-electron chi connectivity index (χ1n) is 5.80. The van der Waals surface area contributed by atoms with Crippen molar-refractivity contribution in [3.63, 3.8) is 0 Å². The van der Waals surface area contributed by atoms with Crippen LogP contribution < -0.4 is 5.56 Å². The summed E-state index contributed by atoms with van der Waals surface area (Å²) >= 11 is 0. The Hall–Kier alpha value is -2.56. The summed E-state index contributed by atoms with van der Waals surface area (Å²) in [5, 5.41) is 9.39. The number of hydrogen-bond acceptors (Lipinski definition) is 4. The monoisotopic (exact) mass is 257 g/mol. The van der Waals surface area contributed by atoms with E-state index in [2.05, 4.69) is 0 Å². The van der Waals surface area contributed by atoms with Gasteiger partial charge < -0.3 is 9.84 Å². The number of carbonyl (C=O) groups is 1. The molecule has 96 valence electrons. The van der Waals surface area contributed by atoms with Gasteiger partial charge in [0.2, 0.25) is 6.23 Å². The van der Waals surface area contributed by atoms with Crippen LogP contribution in [0.3, 0.4) is 0 Å². The van der Waals surface area contributed by atoms with Crippen molar-refractivity contribution in [2.45, 2.75) is 13.2 Å². The van der Waals surface area contributed by atoms with Crippen molar-refractivity contribution < 1.29 is 14.6 Å². The molecule has 0 fully saturated rings. The Morgan fingerprint density at radius 1 is 1.21 bits per heavy atom. The first-order valence-corrected chi connectivity index (χ1v) is 5.80. The second kappa shape index (κ2) is 3.98. The van der Waals surface area contributed by atoms with E-state index in [1.54, 1.807) is 31.2 Å². The molecule has 1 aromatic heterocycles. The molecule has 0 saturated heterocycles. The number of hydrogen-bond donors (Lipinski definition) is 1. The van der Waals surface area contributed by atoms with Gasteiger partial charge in [0, 0.05) is 17.3 Å². The van der Waals surface area contributed by atoms with Gasteiger partial charge in [-0.15, -0.1) is 0 Å². The van der Waals surface area contributed by atoms with Crippen molar-refractivity contribution in [2.75, 3.05) is 0 Å². The summed E-state index contributed by atoms with van der Waals surface area (Å²) in [6.45, 7) is 1.68. The Morgan fingerprint density at radius 2 is 1.95 bits per heavy atom. The number of fused-ring (bicyclic) bond motifs is 1. The van der Waals surface area contributed by atoms with Gasteiger partial charge in [0.05, 0.1) is 5.56 Å². The van der Waals surface area contributed by atoms with Gasteiger partial charge in [0.1, 0.15) is 5.75 Å². The lowest BCUT2D eigenvalue weighted by molar-refractivity contribution is 0.0308. The quantitative estimate of drug-likeness (QED) is 0.787. The van der Waals surface area contributed by atoms with Gasteiger partial charge in [-0.25, -0.2) is 4.79 Å². The number of nitrogens with zero attached hydrogens (tertiary/aromatic N) is 1. The van der Waals surface area contributed by atoms with Gasteiger partial charge >= 0.3 is 5.97 Å². The minimum absolute atomic E-state index is 0.101. The fourth-order valence-electron chi connectivity index (χ4n) is 2.31. The highest BCUT2D eigenvalue weighted by molar-refractivity contribution is 5.93. The molecule has 0 saturated carbocycles. The van der Waals surface area contributed by atoms with E-state index >= 15 is 0 Å². The molecule has 0 radical (unpaired) electrons. The van der Waals surface area contributed by atoms with Gasteiger partial charge in [-0.3, -0.25) is 9.36 Å². The normalized spacial score (nSPS) is 17.1. The predicted octanol–water partition coefficient (Wildman–Crippen LogP) is 1.58. The molecule has 0 bridgehead atoms. The third-order valence-corrected chi connectivity index (χ3v) is 3.15. The van der Waals surface area contributed by atoms with E-state index in [-0.39, 0.29) is 5.75 Å². The fourth-order valence-corrected chi connectivity index (χ4v) is 2.31. The highest BCUT2D eigenvalue weighted by Gasteiger charge is 2.33. The summed E-state index contributed by atoms with van der Waals surface area (Å²) in [7, 11) is 0. The third-order valence-electron chi connectivity index (χ3n) is 3.15. The lowest BCUT2D eigenvalue weighted by Gasteiger charge is -2.17. The lowest BCUT2D eigenvalue weighted by Crippen LogP contribution is -2.26. The minimum Gasteiger partial charge on any atom is -0.508 e. The van der Waals surface area contributed by atoms with Crippen LogP contribution in [0.1, 0.15) is 27.8 Å². The molecule has 0 unspecified atom stereocenters. The summed E-state index contributed by atoms with van der Waals surface area (Å²) in [6.07, 6.45) is -0.767. The molecule has 1 N–H and O–H groups in total. The molecule has 2 heterocycles. The molecular weight excluding hydrogens is 246 g/mol. The number of ether oxygens (including phenoxy) is 1. The van der Waals surface area contributed by atoms with E-state index in [0.717, 1.165) is 6.07 Å². The molecule has 1 aromatic carbocycles. The van der Waals surface area contributed by atoms with Crippen LogP contribution in [-0.4, -0.2) is 15.6 Å². The van der Waals surface area contributed by atoms with Crippen LogP contribution in [0.5, 0.6) is 5.75 Å². The molecule has 5 heteroatoms. The molecule has 2 aromatic rings. The third kappa shape index (κ3) is 1.71. The second-order valence-corrected chi connectivity index (χ2v) is 4.41. The Labute approximate surface area is 108 Å². The first kappa shape index (κ1) is 11.5. The number of cyclic esters (lactones) is 1. The molecule has 1 aliphatic rings. The van der Waals surface area contributed by atoms with Crippen LogP contribution in [0, 0.1) is 6.92 Å². The predicted molar refractivity (Wildman–Crippen MR) is 67.1 cm³/mol. The van der Waals surface area contributed by atoms with E-state index in [1.165, 1.54) is 10.6 Å². The fraction of sp³-hybridized carbons (Fsp3) is 0.143. The van der Waals surface area contributed by atoms with Gasteiger partial charge in [0.25, 0.3) is 5.56 Å². The number of aryl methyl sites for hydroxylation is 1. The van der Waals surface area contributed by atoms with E-state index < -0.39 is 17.8 Å². The second-order valence-electron chi connectivity index (χ2n) is 4.41. The zero-order chi connectivity index (χ0) is 13.6. The smallest absolute Gasteiger partial charge is 0.340 e. The van der Waals surface area contributed by atoms with Crippen molar-refractivity contribution in [3.05, 3.63) is 63.6 Å². The van der Waals surface area contributed by atoms with Crippen molar-refractivity contribution in [2.24, 2.45) is 0 Å². The van der Waals surface area contributed by atoms with Crippen LogP contribution in [0.25, 0.3) is 0 Å². The molecule has 1 aliphatic heterocycles. The van der Waals surface area contributed by atoms with Crippen LogP contribution in [-0.2, 0) is 4.74 Å². The minimum atomic E-state index is -0.767. The van der Waals surface area contributed by atoms with Gasteiger partial charge in [-0.05, 0) is 19.1 Å². The molecule has 1 atom stereocenters. The molecule has 0 aliphatic carbocycles. The Balaban J connectivity index is 2.21. The molecule has 5 nitrogen and oxygen atoms in total. The largest absolute Gasteiger partial charge is 0.508 e. The Kier molecular flexibility index (Phi) is 2.41. The van der Waals surface area contributed by atoms with Crippen LogP contribution in [0.2, 0.25) is 0 Å². The number of carbonyl (C=O) groups excluding carboxylic acids is 1. The molecule has 19 heavy (non-hydrogen) atoms. The standard InChI is InChI=1S/C14H11NO4/c1-8-6-9(16)7-12(17)15(8)13-10-4-2-3-5-11(10)14(18)19-13/h2-7,13,16H,1H3/t13-/m1/s1. The number of aromatic hydroxyl groups is 1. The van der Waals surface area contributed by atoms with Crippen LogP contribution >= 0.6 is 0 Å². The first-order chi connectivity index (χ1) is 9.08. The van der Waals surface area contributed by atoms with E-state index in [0.29, 0.717) is 16.8 Å². The summed E-state index contributed by atoms with van der Waals surface area (Å²) < 4.78 is 6.61. The molecule has 0 amide bonds. The maximum absolute atomic E-state index is 12.0. The van der Waals surface area contributed by atoms with Crippen LogP contribution in [0.15, 0.2) is 41.2 Å². The average Bonchev–Trinajstić information content (AvgIpc) is 2.67. The van der Waals surface area contributed by atoms with Crippen molar-refractivity contribution in [1.29, 1.82) is 0 Å². The average molecular weight is 257 g/mol. The van der Waals surface area contributed by atoms with Crippen molar-refractivity contribution >= 4 is 5.97 Å². The summed E-state index contributed by atoms with van der Waals surface area (Å²) in [6, 6.07) is 9.50. The number of esters is 1. The highest BCUT2D eigenvalue weighted by atomic mass is 16.6. The molecule has 0 spiro atoms. The lowest BCUT2D eigenvalue weighted by atomic mass is 10.1. The zero-order valence-electron chi connectivity index (χ0n) is 10.2. The maximum atomic E-state index is 12.0. The van der Waals surface area contributed by atoms with Crippen molar-refractivity contribution in [3.8, 4) is 5.75 Å². The number of rotatable bonds is 1. The number of pyridine rings is 1.